The Kier molecular flexibility index (Phi) is 13.8. The van der Waals surface area contributed by atoms with Crippen molar-refractivity contribution < 1.29 is 28.2 Å². The summed E-state index contributed by atoms with van der Waals surface area (Å²) in [7, 11) is -2.55. The van der Waals surface area contributed by atoms with Crippen molar-refractivity contribution in [2.24, 2.45) is 17.0 Å². The molecule has 3 N–H and O–H groups in total. The molecule has 0 radical (unpaired) electrons. The second-order valence-electron chi connectivity index (χ2n) is 13.1. The van der Waals surface area contributed by atoms with Crippen molar-refractivity contribution >= 4 is 27.3 Å². The number of thiazole rings is 1. The number of ether oxygens (including phenoxy) is 1. The number of nitrogens with zero attached hydrogens (tertiary/aromatic N) is 5. The summed E-state index contributed by atoms with van der Waals surface area (Å²) in [5.41, 5.74) is 1.28. The monoisotopic (exact) mass is 742 g/mol. The van der Waals surface area contributed by atoms with Gasteiger partial charge in [0.1, 0.15) is 17.6 Å². The first-order valence-electron chi connectivity index (χ1n) is 16.6. The molecule has 16 heteroatoms. The van der Waals surface area contributed by atoms with Gasteiger partial charge in [-0.1, -0.05) is 75.3 Å². The Balaban J connectivity index is 1.63. The maximum absolute atomic E-state index is 14.1. The van der Waals surface area contributed by atoms with Gasteiger partial charge in [0, 0.05) is 25.6 Å². The summed E-state index contributed by atoms with van der Waals surface area (Å²) in [6, 6.07) is 12.9. The molecule has 0 saturated carbocycles. The van der Waals surface area contributed by atoms with Gasteiger partial charge < -0.3 is 20.3 Å². The molecule has 4 aromatic rings. The van der Waals surface area contributed by atoms with Crippen LogP contribution < -0.4 is 11.0 Å². The lowest BCUT2D eigenvalue weighted by molar-refractivity contribution is -0.127. The van der Waals surface area contributed by atoms with Crippen molar-refractivity contribution in [3.63, 3.8) is 0 Å². The Morgan fingerprint density at radius 2 is 1.75 bits per heavy atom. The number of aromatic nitrogens is 3. The highest BCUT2D eigenvalue weighted by atomic mass is 32.2. The van der Waals surface area contributed by atoms with E-state index in [1.165, 1.54) is 50.7 Å². The van der Waals surface area contributed by atoms with E-state index in [9.17, 15) is 33.1 Å². The lowest BCUT2D eigenvalue weighted by Gasteiger charge is -2.32. The number of amides is 1. The molecule has 1 amide bonds. The highest BCUT2D eigenvalue weighted by Crippen LogP contribution is 2.23. The standard InChI is InChI=1S/C35H46N6O8S2/c1-23(2)17-39(51(47,48)28-13-11-26(12-14-28)16-36-46)19-30(42)29(15-25-9-7-6-8-10-25)38-34(44)33(24(3)4)41-20-32(43)40(35(41)45)18-27-22-50-31(37-27)21-49-5/h6-14,20,22-24,29-30,33,42-43H,15-19,21H2,1-5H3,(H,38,44)/t29-,30+,33?/m0/s1. The van der Waals surface area contributed by atoms with Crippen LogP contribution in [0.4, 0.5) is 0 Å². The van der Waals surface area contributed by atoms with Gasteiger partial charge in [0.25, 0.3) is 0 Å². The zero-order valence-corrected chi connectivity index (χ0v) is 31.0. The molecule has 276 valence electrons. The van der Waals surface area contributed by atoms with Crippen LogP contribution in [0.15, 0.2) is 81.0 Å². The third kappa shape index (κ3) is 10.2. The molecule has 0 saturated heterocycles. The van der Waals surface area contributed by atoms with Crippen LogP contribution in [0.5, 0.6) is 5.88 Å². The maximum Gasteiger partial charge on any atom is 0.332 e. The second kappa shape index (κ2) is 17.8. The number of nitrogens with one attached hydrogen (secondary N) is 1. The van der Waals surface area contributed by atoms with Gasteiger partial charge in [0.15, 0.2) is 0 Å². The zero-order valence-electron chi connectivity index (χ0n) is 29.4. The highest BCUT2D eigenvalue weighted by Gasteiger charge is 2.34. The minimum Gasteiger partial charge on any atom is -0.493 e. The van der Waals surface area contributed by atoms with E-state index in [1.807, 2.05) is 44.2 Å². The summed E-state index contributed by atoms with van der Waals surface area (Å²) in [6.45, 7) is 7.20. The van der Waals surface area contributed by atoms with Gasteiger partial charge in [-0.2, -0.15) is 9.21 Å². The zero-order chi connectivity index (χ0) is 37.3. The smallest absolute Gasteiger partial charge is 0.332 e. The second-order valence-corrected chi connectivity index (χ2v) is 16.0. The quantitative estimate of drug-likeness (QED) is 0.120. The molecule has 0 spiro atoms. The van der Waals surface area contributed by atoms with Crippen molar-refractivity contribution in [3.05, 3.63) is 103 Å². The van der Waals surface area contributed by atoms with E-state index in [1.54, 1.807) is 26.3 Å². The first-order valence-corrected chi connectivity index (χ1v) is 18.9. The number of imidazole rings is 1. The van der Waals surface area contributed by atoms with Crippen LogP contribution >= 0.6 is 11.3 Å². The number of aliphatic hydroxyl groups is 1. The molecule has 51 heavy (non-hydrogen) atoms. The Hall–Kier alpha value is -4.22. The van der Waals surface area contributed by atoms with Crippen LogP contribution in [0.2, 0.25) is 0 Å². The normalized spacial score (nSPS) is 13.8. The fourth-order valence-corrected chi connectivity index (χ4v) is 8.16. The lowest BCUT2D eigenvalue weighted by Crippen LogP contribution is -2.53. The largest absolute Gasteiger partial charge is 0.493 e. The fraction of sp³-hybridized carbons (Fsp3) is 0.457. The van der Waals surface area contributed by atoms with Crippen LogP contribution in [-0.4, -0.2) is 75.3 Å². The third-order valence-corrected chi connectivity index (χ3v) is 10.9. The molecule has 3 atom stereocenters. The molecular weight excluding hydrogens is 697 g/mol. The van der Waals surface area contributed by atoms with Gasteiger partial charge >= 0.3 is 5.69 Å². The average Bonchev–Trinajstić information content (AvgIpc) is 3.64. The summed E-state index contributed by atoms with van der Waals surface area (Å²) in [6.07, 6.45) is 0.0103. The molecule has 0 aliphatic carbocycles. The number of hydrogen-bond donors (Lipinski definition) is 3. The van der Waals surface area contributed by atoms with E-state index in [4.69, 9.17) is 4.74 Å². The van der Waals surface area contributed by atoms with E-state index >= 15 is 0 Å². The average molecular weight is 743 g/mol. The predicted molar refractivity (Wildman–Crippen MR) is 194 cm³/mol. The van der Waals surface area contributed by atoms with E-state index in [0.717, 1.165) is 10.1 Å². The predicted octanol–water partition coefficient (Wildman–Crippen LogP) is 3.91. The number of carbonyl (C=O) groups excluding carboxylic acids is 1. The minimum atomic E-state index is -4.10. The number of sulfonamides is 1. The number of rotatable bonds is 19. The van der Waals surface area contributed by atoms with E-state index in [-0.39, 0.29) is 49.3 Å². The van der Waals surface area contributed by atoms with Crippen LogP contribution in [0.1, 0.15) is 55.6 Å². The molecule has 0 aliphatic rings. The highest BCUT2D eigenvalue weighted by molar-refractivity contribution is 7.89. The number of aromatic hydroxyl groups is 1. The minimum absolute atomic E-state index is 0.00946. The summed E-state index contributed by atoms with van der Waals surface area (Å²) in [5.74, 6) is -1.45. The molecule has 2 heterocycles. The number of carbonyl (C=O) groups is 1. The van der Waals surface area contributed by atoms with E-state index in [2.05, 4.69) is 15.5 Å². The molecule has 2 aromatic heterocycles. The van der Waals surface area contributed by atoms with Crippen molar-refractivity contribution in [2.75, 3.05) is 20.2 Å². The molecule has 1 unspecified atom stereocenters. The van der Waals surface area contributed by atoms with Crippen LogP contribution in [-0.2, 0) is 45.7 Å². The van der Waals surface area contributed by atoms with E-state index < -0.39 is 45.7 Å². The van der Waals surface area contributed by atoms with Crippen LogP contribution in [0.3, 0.4) is 0 Å². The summed E-state index contributed by atoms with van der Waals surface area (Å²) in [5, 5.41) is 30.8. The van der Waals surface area contributed by atoms with Crippen molar-refractivity contribution in [3.8, 4) is 5.88 Å². The first-order chi connectivity index (χ1) is 24.2. The summed E-state index contributed by atoms with van der Waals surface area (Å²) >= 11 is 1.36. The molecule has 14 nitrogen and oxygen atoms in total. The fourth-order valence-electron chi connectivity index (χ4n) is 5.78. The molecule has 2 aromatic carbocycles. The van der Waals surface area contributed by atoms with Crippen molar-refractivity contribution in [2.45, 2.75) is 76.9 Å². The Morgan fingerprint density at radius 1 is 1.06 bits per heavy atom. The van der Waals surface area contributed by atoms with Crippen LogP contribution in [0, 0.1) is 16.7 Å². The summed E-state index contributed by atoms with van der Waals surface area (Å²) < 4.78 is 36.3. The number of benzene rings is 2. The van der Waals surface area contributed by atoms with Gasteiger partial charge in [-0.25, -0.2) is 18.2 Å². The SMILES string of the molecule is COCc1nc(Cn2c(O)cn(C(C(=O)N[C@@H](Cc3ccccc3)[C@H](O)CN(CC(C)C)S(=O)(=O)c3ccc(CN=O)cc3)C(C)C)c2=O)cs1. The molecule has 0 aliphatic heterocycles. The number of hydrogen-bond acceptors (Lipinski definition) is 11. The third-order valence-electron chi connectivity index (χ3n) is 8.23. The number of aliphatic hydroxyl groups excluding tert-OH is 1. The first kappa shape index (κ1) is 39.6. The van der Waals surface area contributed by atoms with Crippen molar-refractivity contribution in [1.29, 1.82) is 0 Å². The molecule has 0 fully saturated rings. The van der Waals surface area contributed by atoms with E-state index in [0.29, 0.717) is 22.9 Å². The lowest BCUT2D eigenvalue weighted by atomic mass is 9.98. The number of nitroso groups, excluding NO2 is 1. The van der Waals surface area contributed by atoms with Crippen molar-refractivity contribution in [1.82, 2.24) is 23.7 Å². The topological polar surface area (TPSA) is 185 Å². The van der Waals surface area contributed by atoms with Gasteiger partial charge in [0.05, 0.1) is 42.1 Å². The Bertz CT molecular complexity index is 1910. The molecular formula is C35H46N6O8S2. The molecule has 0 bridgehead atoms. The Morgan fingerprint density at radius 3 is 2.35 bits per heavy atom. The summed E-state index contributed by atoms with van der Waals surface area (Å²) in [4.78, 5) is 42.8. The van der Waals surface area contributed by atoms with Gasteiger partial charge in [-0.15, -0.1) is 11.3 Å². The van der Waals surface area contributed by atoms with Gasteiger partial charge in [0.2, 0.25) is 21.8 Å². The molecule has 4 rings (SSSR count). The van der Waals surface area contributed by atoms with Crippen LogP contribution in [0.25, 0.3) is 0 Å². The Labute approximate surface area is 301 Å². The maximum atomic E-state index is 14.1. The van der Waals surface area contributed by atoms with Gasteiger partial charge in [-0.05, 0) is 41.5 Å². The van der Waals surface area contributed by atoms with Gasteiger partial charge in [-0.3, -0.25) is 13.9 Å². The number of methoxy groups -OCH3 is 1.